The fourth-order valence-corrected chi connectivity index (χ4v) is 1.10. The van der Waals surface area contributed by atoms with Gasteiger partial charge in [-0.25, -0.2) is 0 Å². The molecular weight excluding hydrogens is 296 g/mol. The monoisotopic (exact) mass is 310 g/mol. The van der Waals surface area contributed by atoms with Crippen molar-refractivity contribution in [2.75, 3.05) is 0 Å². The molecule has 0 aliphatic carbocycles. The topological polar surface area (TPSA) is 106 Å². The van der Waals surface area contributed by atoms with Crippen LogP contribution in [0.2, 0.25) is 0 Å². The van der Waals surface area contributed by atoms with E-state index in [0.717, 1.165) is 11.4 Å². The molecule has 0 aliphatic rings. The third-order valence-corrected chi connectivity index (χ3v) is 1.79. The molecule has 10 heteroatoms. The Kier molecular flexibility index (Phi) is 11.4. The fourth-order valence-electron chi connectivity index (χ4n) is 1.10. The summed E-state index contributed by atoms with van der Waals surface area (Å²) >= 11 is 0. The normalized spacial score (nSPS) is 9.18. The first-order valence-electron chi connectivity index (χ1n) is 5.94. The zero-order valence-corrected chi connectivity index (χ0v) is 11.4. The van der Waals surface area contributed by atoms with Gasteiger partial charge in [-0.15, -0.1) is 0 Å². The van der Waals surface area contributed by atoms with Crippen molar-refractivity contribution in [3.05, 3.63) is 60.7 Å². The van der Waals surface area contributed by atoms with Crippen molar-refractivity contribution in [2.45, 2.75) is 0 Å². The van der Waals surface area contributed by atoms with Crippen molar-refractivity contribution in [1.82, 2.24) is 0 Å². The summed E-state index contributed by atoms with van der Waals surface area (Å²) in [5, 5.41) is 36.0. The van der Waals surface area contributed by atoms with Gasteiger partial charge in [-0.05, 0) is 24.3 Å². The highest BCUT2D eigenvalue weighted by Gasteiger charge is 1.97. The third-order valence-electron chi connectivity index (χ3n) is 1.79. The maximum Gasteiger partial charge on any atom is 0.674 e. The highest BCUT2D eigenvalue weighted by atomic mass is 19.1. The molecule has 22 heavy (non-hydrogen) atoms. The van der Waals surface area contributed by atoms with E-state index in [-0.39, 0.29) is 0 Å². The van der Waals surface area contributed by atoms with Crippen LogP contribution < -0.4 is 0 Å². The van der Waals surface area contributed by atoms with Crippen molar-refractivity contribution in [1.29, 1.82) is 0 Å². The first kappa shape index (κ1) is 19.9. The number of nitrogens with zero attached hydrogens (tertiary/aromatic N) is 2. The molecule has 0 aliphatic heterocycles. The molecule has 0 radical (unpaired) electrons. The molecule has 116 valence electrons. The number of hydrogen-bond donors (Lipinski definition) is 4. The molecule has 0 unspecified atom stereocenters. The molecule has 0 saturated carbocycles. The van der Waals surface area contributed by atoms with E-state index in [9.17, 15) is 8.63 Å². The Morgan fingerprint density at radius 2 is 0.818 bits per heavy atom. The van der Waals surface area contributed by atoms with Gasteiger partial charge in [-0.3, -0.25) is 8.63 Å². The van der Waals surface area contributed by atoms with Crippen LogP contribution in [-0.4, -0.2) is 34.9 Å². The highest BCUT2D eigenvalue weighted by molar-refractivity contribution is 6.31. The minimum atomic E-state index is -2.67. The number of hydrogen-bond acceptors (Lipinski definition) is 6. The Morgan fingerprint density at radius 3 is 1.05 bits per heavy atom. The molecule has 2 aromatic carbocycles. The number of benzene rings is 2. The molecule has 0 atom stereocenters. The van der Waals surface area contributed by atoms with Crippen molar-refractivity contribution in [3.63, 3.8) is 0 Å². The second-order valence-electron chi connectivity index (χ2n) is 3.49. The van der Waals surface area contributed by atoms with Crippen molar-refractivity contribution in [2.24, 2.45) is 10.2 Å². The van der Waals surface area contributed by atoms with E-state index in [4.69, 9.17) is 20.1 Å². The van der Waals surface area contributed by atoms with Crippen molar-refractivity contribution >= 4 is 26.2 Å². The van der Waals surface area contributed by atoms with Gasteiger partial charge in [0, 0.05) is 0 Å². The zero-order chi connectivity index (χ0) is 16.8. The van der Waals surface area contributed by atoms with E-state index in [1.807, 2.05) is 60.7 Å². The van der Waals surface area contributed by atoms with Crippen molar-refractivity contribution < 1.29 is 28.7 Å². The standard InChI is InChI=1S/C12H10N2.2BFH2O2/c1-3-7-11(8-4-1)13-14-12-9-5-2-6-10-12;2*2-1(3)4/h1-10H;2*3-4H. The van der Waals surface area contributed by atoms with Crippen LogP contribution in [-0.2, 0) is 0 Å². The van der Waals surface area contributed by atoms with Gasteiger partial charge in [0.05, 0.1) is 11.4 Å². The van der Waals surface area contributed by atoms with Crippen LogP contribution in [0.4, 0.5) is 20.0 Å². The maximum atomic E-state index is 10.1. The first-order valence-corrected chi connectivity index (χ1v) is 5.94. The van der Waals surface area contributed by atoms with Crippen LogP contribution in [0.15, 0.2) is 70.9 Å². The molecule has 0 amide bonds. The summed E-state index contributed by atoms with van der Waals surface area (Å²) in [7, 11) is -5.33. The lowest BCUT2D eigenvalue weighted by Gasteiger charge is -1.91. The van der Waals surface area contributed by atoms with E-state index in [0.29, 0.717) is 0 Å². The van der Waals surface area contributed by atoms with E-state index < -0.39 is 14.8 Å². The Bertz CT molecular complexity index is 466. The van der Waals surface area contributed by atoms with Crippen LogP contribution in [0.1, 0.15) is 0 Å². The molecule has 0 aromatic heterocycles. The smallest absolute Gasteiger partial charge is 0.398 e. The second kappa shape index (κ2) is 12.6. The Hall–Kier alpha value is -2.13. The zero-order valence-electron chi connectivity index (χ0n) is 11.4. The predicted molar refractivity (Wildman–Crippen MR) is 79.7 cm³/mol. The first-order chi connectivity index (χ1) is 10.4. The van der Waals surface area contributed by atoms with E-state index in [2.05, 4.69) is 10.2 Å². The molecule has 2 rings (SSSR count). The van der Waals surface area contributed by atoms with Crippen molar-refractivity contribution in [3.8, 4) is 0 Å². The maximum absolute atomic E-state index is 10.1. The molecule has 6 nitrogen and oxygen atoms in total. The van der Waals surface area contributed by atoms with Gasteiger partial charge in [-0.2, -0.15) is 10.2 Å². The van der Waals surface area contributed by atoms with Crippen LogP contribution >= 0.6 is 0 Å². The summed E-state index contributed by atoms with van der Waals surface area (Å²) in [6.07, 6.45) is 0. The Morgan fingerprint density at radius 1 is 0.591 bits per heavy atom. The summed E-state index contributed by atoms with van der Waals surface area (Å²) in [5.41, 5.74) is 1.74. The van der Waals surface area contributed by atoms with Gasteiger partial charge in [0.25, 0.3) is 0 Å². The van der Waals surface area contributed by atoms with Gasteiger partial charge >= 0.3 is 14.8 Å². The van der Waals surface area contributed by atoms with Crippen LogP contribution in [0.25, 0.3) is 0 Å². The Labute approximate surface area is 126 Å². The second-order valence-corrected chi connectivity index (χ2v) is 3.49. The van der Waals surface area contributed by atoms with Crippen LogP contribution in [0.5, 0.6) is 0 Å². The summed E-state index contributed by atoms with van der Waals surface area (Å²) in [5.74, 6) is 0. The van der Waals surface area contributed by atoms with E-state index in [1.54, 1.807) is 0 Å². The largest absolute Gasteiger partial charge is 0.674 e. The molecule has 0 saturated heterocycles. The quantitative estimate of drug-likeness (QED) is 0.502. The summed E-state index contributed by atoms with van der Waals surface area (Å²) < 4.78 is 20.2. The SMILES string of the molecule is OB(O)F.OB(O)F.c1ccc(N=Nc2ccccc2)cc1. The molecule has 0 bridgehead atoms. The molecule has 4 N–H and O–H groups in total. The summed E-state index contributed by atoms with van der Waals surface area (Å²) in [6.45, 7) is 0. The van der Waals surface area contributed by atoms with Gasteiger partial charge in [0.15, 0.2) is 0 Å². The minimum absolute atomic E-state index is 0.872. The molecular formula is C12H14B2F2N2O4. The molecule has 0 spiro atoms. The van der Waals surface area contributed by atoms with Gasteiger partial charge in [0.1, 0.15) is 0 Å². The summed E-state index contributed by atoms with van der Waals surface area (Å²) in [4.78, 5) is 0. The average molecular weight is 310 g/mol. The lowest BCUT2D eigenvalue weighted by atomic mass is 10.3. The Balaban J connectivity index is 0.000000464. The molecule has 0 heterocycles. The number of azo groups is 1. The van der Waals surface area contributed by atoms with Gasteiger partial charge < -0.3 is 20.1 Å². The average Bonchev–Trinajstić information content (AvgIpc) is 2.46. The molecule has 0 fully saturated rings. The van der Waals surface area contributed by atoms with Crippen LogP contribution in [0, 0.1) is 0 Å². The van der Waals surface area contributed by atoms with Gasteiger partial charge in [0.2, 0.25) is 0 Å². The number of rotatable bonds is 2. The lowest BCUT2D eigenvalue weighted by molar-refractivity contribution is 0.338. The predicted octanol–water partition coefficient (Wildman–Crippen LogP) is 1.95. The minimum Gasteiger partial charge on any atom is -0.398 e. The van der Waals surface area contributed by atoms with Crippen LogP contribution in [0.3, 0.4) is 0 Å². The van der Waals surface area contributed by atoms with E-state index in [1.165, 1.54) is 0 Å². The van der Waals surface area contributed by atoms with Gasteiger partial charge in [-0.1, -0.05) is 36.4 Å². The highest BCUT2D eigenvalue weighted by Crippen LogP contribution is 2.16. The van der Waals surface area contributed by atoms with E-state index >= 15 is 0 Å². The lowest BCUT2D eigenvalue weighted by Crippen LogP contribution is -1.98. The third kappa shape index (κ3) is 14.3. The number of halogens is 2. The molecule has 2 aromatic rings. The summed E-state index contributed by atoms with van der Waals surface area (Å²) in [6, 6.07) is 19.4. The fraction of sp³-hybridized carbons (Fsp3) is 0.